The Balaban J connectivity index is 1.73. The average Bonchev–Trinajstić information content (AvgIpc) is 2.73. The number of likely N-dealkylation sites (tertiary alicyclic amines) is 1. The predicted molar refractivity (Wildman–Crippen MR) is 83.5 cm³/mol. The van der Waals surface area contributed by atoms with Crippen molar-refractivity contribution in [2.24, 2.45) is 5.92 Å². The molecule has 19 heavy (non-hydrogen) atoms. The summed E-state index contributed by atoms with van der Waals surface area (Å²) in [5.74, 6) is 0.879. The lowest BCUT2D eigenvalue weighted by Gasteiger charge is -2.30. The molecule has 1 atom stereocenters. The van der Waals surface area contributed by atoms with E-state index < -0.39 is 0 Å². The largest absolute Gasteiger partial charge is 0.312 e. The summed E-state index contributed by atoms with van der Waals surface area (Å²) >= 11 is 0. The molecular formula is C17H34N2. The van der Waals surface area contributed by atoms with E-state index in [4.69, 9.17) is 0 Å². The fraction of sp³-hybridized carbons (Fsp3) is 1.00. The number of hydrogen-bond donors (Lipinski definition) is 1. The smallest absolute Gasteiger partial charge is 0.00966 e. The molecule has 0 radical (unpaired) electrons. The summed E-state index contributed by atoms with van der Waals surface area (Å²) in [7, 11) is 0. The minimum Gasteiger partial charge on any atom is -0.312 e. The highest BCUT2D eigenvalue weighted by atomic mass is 15.2. The minimum atomic E-state index is 0.271. The van der Waals surface area contributed by atoms with Crippen LogP contribution in [0.1, 0.15) is 72.1 Å². The van der Waals surface area contributed by atoms with Gasteiger partial charge in [-0.3, -0.25) is 0 Å². The zero-order valence-electron chi connectivity index (χ0n) is 13.4. The average molecular weight is 266 g/mol. The van der Waals surface area contributed by atoms with Crippen LogP contribution in [0.3, 0.4) is 0 Å². The molecule has 0 amide bonds. The van der Waals surface area contributed by atoms with Crippen molar-refractivity contribution in [2.45, 2.75) is 83.7 Å². The lowest BCUT2D eigenvalue weighted by atomic mass is 9.96. The van der Waals surface area contributed by atoms with E-state index >= 15 is 0 Å². The molecule has 2 rings (SSSR count). The van der Waals surface area contributed by atoms with Crippen LogP contribution in [0.4, 0.5) is 0 Å². The molecule has 1 aliphatic heterocycles. The van der Waals surface area contributed by atoms with Crippen molar-refractivity contribution in [1.82, 2.24) is 10.2 Å². The molecule has 0 aromatic carbocycles. The highest BCUT2D eigenvalue weighted by Gasteiger charge is 2.28. The second-order valence-corrected chi connectivity index (χ2v) is 7.78. The molecule has 1 aliphatic carbocycles. The second-order valence-electron chi connectivity index (χ2n) is 7.78. The quantitative estimate of drug-likeness (QED) is 0.835. The normalized spacial score (nSPS) is 28.3. The van der Waals surface area contributed by atoms with Gasteiger partial charge in [0.15, 0.2) is 0 Å². The summed E-state index contributed by atoms with van der Waals surface area (Å²) in [5.41, 5.74) is 0.271. The lowest BCUT2D eigenvalue weighted by molar-refractivity contribution is 0.194. The molecule has 0 bridgehead atoms. The summed E-state index contributed by atoms with van der Waals surface area (Å²) in [6.45, 7) is 10.7. The molecule has 1 N–H and O–H groups in total. The Morgan fingerprint density at radius 1 is 0.947 bits per heavy atom. The van der Waals surface area contributed by atoms with Gasteiger partial charge in [0.2, 0.25) is 0 Å². The summed E-state index contributed by atoms with van der Waals surface area (Å²) in [5, 5.41) is 3.68. The molecule has 2 aliphatic rings. The van der Waals surface area contributed by atoms with Crippen LogP contribution in [0.5, 0.6) is 0 Å². The van der Waals surface area contributed by atoms with Crippen LogP contribution >= 0.6 is 0 Å². The molecule has 112 valence electrons. The molecule has 0 aromatic heterocycles. The first kappa shape index (κ1) is 15.3. The molecule has 1 saturated heterocycles. The fourth-order valence-electron chi connectivity index (χ4n) is 3.61. The highest BCUT2D eigenvalue weighted by molar-refractivity contribution is 4.84. The molecule has 0 spiro atoms. The van der Waals surface area contributed by atoms with E-state index in [1.807, 2.05) is 0 Å². The van der Waals surface area contributed by atoms with E-state index in [0.717, 1.165) is 12.0 Å². The summed E-state index contributed by atoms with van der Waals surface area (Å²) in [4.78, 5) is 2.81. The zero-order chi connectivity index (χ0) is 13.7. The third-order valence-corrected chi connectivity index (χ3v) is 4.83. The van der Waals surface area contributed by atoms with E-state index in [9.17, 15) is 0 Å². The van der Waals surface area contributed by atoms with Crippen LogP contribution in [0.15, 0.2) is 0 Å². The molecule has 1 heterocycles. The third-order valence-electron chi connectivity index (χ3n) is 4.83. The van der Waals surface area contributed by atoms with Gasteiger partial charge < -0.3 is 10.2 Å². The van der Waals surface area contributed by atoms with Crippen molar-refractivity contribution >= 4 is 0 Å². The van der Waals surface area contributed by atoms with Gasteiger partial charge in [-0.05, 0) is 59.0 Å². The van der Waals surface area contributed by atoms with Gasteiger partial charge in [-0.2, -0.15) is 0 Å². The van der Waals surface area contributed by atoms with Gasteiger partial charge >= 0.3 is 0 Å². The maximum atomic E-state index is 3.68. The van der Waals surface area contributed by atoms with Gasteiger partial charge in [-0.15, -0.1) is 0 Å². The van der Waals surface area contributed by atoms with Crippen LogP contribution in [0.25, 0.3) is 0 Å². The van der Waals surface area contributed by atoms with Crippen LogP contribution < -0.4 is 5.32 Å². The Bertz CT molecular complexity index is 248. The van der Waals surface area contributed by atoms with Crippen molar-refractivity contribution in [1.29, 1.82) is 0 Å². The fourth-order valence-corrected chi connectivity index (χ4v) is 3.61. The number of hydrogen-bond acceptors (Lipinski definition) is 2. The van der Waals surface area contributed by atoms with Gasteiger partial charge in [-0.1, -0.05) is 32.1 Å². The van der Waals surface area contributed by atoms with Crippen LogP contribution in [0, 0.1) is 5.92 Å². The standard InChI is InChI=1S/C17H34N2/c1-17(2,3)18-13-15-11-12-19(14-15)16-9-7-5-4-6-8-10-16/h15-16,18H,4-14H2,1-3H3. The molecule has 1 saturated carbocycles. The Labute approximate surface area is 120 Å². The summed E-state index contributed by atoms with van der Waals surface area (Å²) in [6, 6.07) is 0.903. The van der Waals surface area contributed by atoms with E-state index in [-0.39, 0.29) is 5.54 Å². The minimum absolute atomic E-state index is 0.271. The first-order chi connectivity index (χ1) is 9.04. The van der Waals surface area contributed by atoms with E-state index in [1.54, 1.807) is 0 Å². The molecular weight excluding hydrogens is 232 g/mol. The third kappa shape index (κ3) is 5.43. The topological polar surface area (TPSA) is 15.3 Å². The Morgan fingerprint density at radius 3 is 2.21 bits per heavy atom. The van der Waals surface area contributed by atoms with Crippen molar-refractivity contribution in [2.75, 3.05) is 19.6 Å². The first-order valence-electron chi connectivity index (χ1n) is 8.54. The van der Waals surface area contributed by atoms with Gasteiger partial charge in [0.05, 0.1) is 0 Å². The van der Waals surface area contributed by atoms with Crippen molar-refractivity contribution in [3.05, 3.63) is 0 Å². The number of nitrogens with one attached hydrogen (secondary N) is 1. The van der Waals surface area contributed by atoms with E-state index in [1.165, 1.54) is 71.0 Å². The second kappa shape index (κ2) is 7.08. The maximum absolute atomic E-state index is 3.68. The zero-order valence-corrected chi connectivity index (χ0v) is 13.4. The van der Waals surface area contributed by atoms with Crippen molar-refractivity contribution in [3.63, 3.8) is 0 Å². The van der Waals surface area contributed by atoms with Crippen molar-refractivity contribution < 1.29 is 0 Å². The van der Waals surface area contributed by atoms with Gasteiger partial charge in [0.1, 0.15) is 0 Å². The van der Waals surface area contributed by atoms with E-state index in [2.05, 4.69) is 31.0 Å². The summed E-state index contributed by atoms with van der Waals surface area (Å²) in [6.07, 6.45) is 11.7. The predicted octanol–water partition coefficient (Wildman–Crippen LogP) is 3.81. The maximum Gasteiger partial charge on any atom is 0.00966 e. The number of rotatable bonds is 3. The SMILES string of the molecule is CC(C)(C)NCC1CCN(C2CCCCCCC2)C1. The summed E-state index contributed by atoms with van der Waals surface area (Å²) < 4.78 is 0. The molecule has 0 aromatic rings. The number of nitrogens with zero attached hydrogens (tertiary/aromatic N) is 1. The van der Waals surface area contributed by atoms with Crippen LogP contribution in [-0.2, 0) is 0 Å². The molecule has 1 unspecified atom stereocenters. The Kier molecular flexibility index (Phi) is 5.70. The molecule has 2 heteroatoms. The van der Waals surface area contributed by atoms with Crippen molar-refractivity contribution in [3.8, 4) is 0 Å². The van der Waals surface area contributed by atoms with Crippen LogP contribution in [-0.4, -0.2) is 36.1 Å². The van der Waals surface area contributed by atoms with Crippen LogP contribution in [0.2, 0.25) is 0 Å². The Hall–Kier alpha value is -0.0800. The monoisotopic (exact) mass is 266 g/mol. The molecule has 2 nitrogen and oxygen atoms in total. The highest BCUT2D eigenvalue weighted by Crippen LogP contribution is 2.26. The van der Waals surface area contributed by atoms with Gasteiger partial charge in [0.25, 0.3) is 0 Å². The van der Waals surface area contributed by atoms with Gasteiger partial charge in [-0.25, -0.2) is 0 Å². The Morgan fingerprint density at radius 2 is 1.58 bits per heavy atom. The molecule has 2 fully saturated rings. The van der Waals surface area contributed by atoms with E-state index in [0.29, 0.717) is 0 Å². The lowest BCUT2D eigenvalue weighted by Crippen LogP contribution is -2.40. The van der Waals surface area contributed by atoms with Gasteiger partial charge in [0, 0.05) is 18.1 Å². The first-order valence-corrected chi connectivity index (χ1v) is 8.54.